The van der Waals surface area contributed by atoms with Crippen molar-refractivity contribution in [1.82, 2.24) is 0 Å². The van der Waals surface area contributed by atoms with Crippen LogP contribution < -0.4 is 0 Å². The summed E-state index contributed by atoms with van der Waals surface area (Å²) >= 11 is 0. The van der Waals surface area contributed by atoms with Crippen molar-refractivity contribution in [3.05, 3.63) is 35.9 Å². The van der Waals surface area contributed by atoms with Gasteiger partial charge in [-0.15, -0.1) is 0 Å². The molecule has 1 aromatic carbocycles. The Morgan fingerprint density at radius 3 is 2.67 bits per heavy atom. The van der Waals surface area contributed by atoms with Gasteiger partial charge in [0.05, 0.1) is 13.7 Å². The van der Waals surface area contributed by atoms with Crippen molar-refractivity contribution in [2.75, 3.05) is 13.7 Å². The third-order valence-electron chi connectivity index (χ3n) is 2.82. The molecular formula is C15H22O3. The van der Waals surface area contributed by atoms with Gasteiger partial charge in [0, 0.05) is 13.0 Å². The summed E-state index contributed by atoms with van der Waals surface area (Å²) < 4.78 is 10.2. The lowest BCUT2D eigenvalue weighted by Crippen LogP contribution is -2.07. The molecule has 1 atom stereocenters. The number of esters is 1. The summed E-state index contributed by atoms with van der Waals surface area (Å²) in [6.45, 7) is 3.53. The van der Waals surface area contributed by atoms with Crippen LogP contribution in [0.25, 0.3) is 0 Å². The molecule has 0 bridgehead atoms. The lowest BCUT2D eigenvalue weighted by Gasteiger charge is -2.11. The Balaban J connectivity index is 2.06. The van der Waals surface area contributed by atoms with Gasteiger partial charge in [0.2, 0.25) is 0 Å². The predicted molar refractivity (Wildman–Crippen MR) is 71.1 cm³/mol. The van der Waals surface area contributed by atoms with Gasteiger partial charge in [-0.3, -0.25) is 4.79 Å². The normalized spacial score (nSPS) is 12.1. The van der Waals surface area contributed by atoms with Crippen LogP contribution in [0.5, 0.6) is 0 Å². The lowest BCUT2D eigenvalue weighted by atomic mass is 10.1. The molecule has 3 heteroatoms. The molecule has 0 amide bonds. The number of rotatable bonds is 8. The molecule has 18 heavy (non-hydrogen) atoms. The van der Waals surface area contributed by atoms with Crippen molar-refractivity contribution in [2.45, 2.75) is 32.8 Å². The topological polar surface area (TPSA) is 35.5 Å². The fourth-order valence-corrected chi connectivity index (χ4v) is 1.73. The SMILES string of the molecule is COC(=O)CCCC(C)COCc1ccccc1. The van der Waals surface area contributed by atoms with Gasteiger partial charge in [0.1, 0.15) is 0 Å². The number of methoxy groups -OCH3 is 1. The van der Waals surface area contributed by atoms with E-state index in [4.69, 9.17) is 4.74 Å². The molecule has 0 aliphatic carbocycles. The van der Waals surface area contributed by atoms with Crippen molar-refractivity contribution in [1.29, 1.82) is 0 Å². The average molecular weight is 250 g/mol. The molecular weight excluding hydrogens is 228 g/mol. The van der Waals surface area contributed by atoms with E-state index < -0.39 is 0 Å². The van der Waals surface area contributed by atoms with Crippen molar-refractivity contribution < 1.29 is 14.3 Å². The minimum absolute atomic E-state index is 0.132. The molecule has 0 radical (unpaired) electrons. The third kappa shape index (κ3) is 6.40. The number of ether oxygens (including phenoxy) is 2. The number of carbonyl (C=O) groups excluding carboxylic acids is 1. The number of hydrogen-bond acceptors (Lipinski definition) is 3. The zero-order valence-electron chi connectivity index (χ0n) is 11.2. The fourth-order valence-electron chi connectivity index (χ4n) is 1.73. The van der Waals surface area contributed by atoms with Crippen LogP contribution in [0.4, 0.5) is 0 Å². The highest BCUT2D eigenvalue weighted by Crippen LogP contribution is 2.10. The van der Waals surface area contributed by atoms with Crippen LogP contribution in [0.15, 0.2) is 30.3 Å². The molecule has 0 N–H and O–H groups in total. The van der Waals surface area contributed by atoms with Gasteiger partial charge >= 0.3 is 5.97 Å². The highest BCUT2D eigenvalue weighted by atomic mass is 16.5. The monoisotopic (exact) mass is 250 g/mol. The van der Waals surface area contributed by atoms with E-state index in [1.165, 1.54) is 12.7 Å². The van der Waals surface area contributed by atoms with Crippen LogP contribution in [0, 0.1) is 5.92 Å². The van der Waals surface area contributed by atoms with Crippen LogP contribution in [0.3, 0.4) is 0 Å². The smallest absolute Gasteiger partial charge is 0.305 e. The average Bonchev–Trinajstić information content (AvgIpc) is 2.39. The van der Waals surface area contributed by atoms with E-state index in [0.717, 1.165) is 19.4 Å². The van der Waals surface area contributed by atoms with Crippen LogP contribution in [0.2, 0.25) is 0 Å². The zero-order valence-corrected chi connectivity index (χ0v) is 11.2. The van der Waals surface area contributed by atoms with Crippen LogP contribution >= 0.6 is 0 Å². The number of hydrogen-bond donors (Lipinski definition) is 0. The standard InChI is InChI=1S/C15H22O3/c1-13(7-6-10-15(16)17-2)11-18-12-14-8-4-3-5-9-14/h3-5,8-9,13H,6-7,10-12H2,1-2H3. The summed E-state index contributed by atoms with van der Waals surface area (Å²) in [5.74, 6) is 0.339. The molecule has 0 saturated carbocycles. The van der Waals surface area contributed by atoms with Gasteiger partial charge in [0.15, 0.2) is 0 Å². The van der Waals surface area contributed by atoms with E-state index in [9.17, 15) is 4.79 Å². The molecule has 1 aromatic rings. The van der Waals surface area contributed by atoms with E-state index in [1.54, 1.807) is 0 Å². The quantitative estimate of drug-likeness (QED) is 0.665. The first-order chi connectivity index (χ1) is 8.72. The maximum absolute atomic E-state index is 10.9. The second-order valence-corrected chi connectivity index (χ2v) is 4.57. The number of carbonyl (C=O) groups is 1. The van der Waals surface area contributed by atoms with Gasteiger partial charge < -0.3 is 9.47 Å². The molecule has 0 spiro atoms. The minimum Gasteiger partial charge on any atom is -0.469 e. The third-order valence-corrected chi connectivity index (χ3v) is 2.82. The maximum atomic E-state index is 10.9. The summed E-state index contributed by atoms with van der Waals surface area (Å²) in [5.41, 5.74) is 1.19. The van der Waals surface area contributed by atoms with Gasteiger partial charge in [-0.25, -0.2) is 0 Å². The molecule has 0 aromatic heterocycles. The number of benzene rings is 1. The first kappa shape index (κ1) is 14.7. The second-order valence-electron chi connectivity index (χ2n) is 4.57. The Morgan fingerprint density at radius 2 is 2.00 bits per heavy atom. The van der Waals surface area contributed by atoms with Crippen LogP contribution in [0.1, 0.15) is 31.7 Å². The maximum Gasteiger partial charge on any atom is 0.305 e. The Hall–Kier alpha value is -1.35. The summed E-state index contributed by atoms with van der Waals surface area (Å²) in [7, 11) is 1.43. The van der Waals surface area contributed by atoms with Gasteiger partial charge in [-0.05, 0) is 24.3 Å². The van der Waals surface area contributed by atoms with Crippen molar-refractivity contribution in [3.8, 4) is 0 Å². The Morgan fingerprint density at radius 1 is 1.28 bits per heavy atom. The molecule has 0 aliphatic heterocycles. The van der Waals surface area contributed by atoms with E-state index in [1.807, 2.05) is 18.2 Å². The minimum atomic E-state index is -0.132. The molecule has 0 aliphatic rings. The van der Waals surface area contributed by atoms with Gasteiger partial charge in [-0.1, -0.05) is 37.3 Å². The van der Waals surface area contributed by atoms with Crippen molar-refractivity contribution in [2.24, 2.45) is 5.92 Å². The van der Waals surface area contributed by atoms with Gasteiger partial charge in [-0.2, -0.15) is 0 Å². The largest absolute Gasteiger partial charge is 0.469 e. The second kappa shape index (κ2) is 8.70. The Bertz CT molecular complexity index is 335. The molecule has 0 heterocycles. The van der Waals surface area contributed by atoms with Crippen molar-refractivity contribution in [3.63, 3.8) is 0 Å². The van der Waals surface area contributed by atoms with Gasteiger partial charge in [0.25, 0.3) is 0 Å². The lowest BCUT2D eigenvalue weighted by molar-refractivity contribution is -0.140. The predicted octanol–water partition coefficient (Wildman–Crippen LogP) is 3.18. The zero-order chi connectivity index (χ0) is 13.2. The highest BCUT2D eigenvalue weighted by Gasteiger charge is 2.05. The molecule has 0 saturated heterocycles. The summed E-state index contributed by atoms with van der Waals surface area (Å²) in [5, 5.41) is 0. The van der Waals surface area contributed by atoms with E-state index in [0.29, 0.717) is 18.9 Å². The summed E-state index contributed by atoms with van der Waals surface area (Å²) in [6, 6.07) is 10.1. The van der Waals surface area contributed by atoms with Crippen LogP contribution in [-0.4, -0.2) is 19.7 Å². The molecule has 1 unspecified atom stereocenters. The molecule has 3 nitrogen and oxygen atoms in total. The summed E-state index contributed by atoms with van der Waals surface area (Å²) in [6.07, 6.45) is 2.35. The first-order valence-corrected chi connectivity index (χ1v) is 6.41. The molecule has 100 valence electrons. The fraction of sp³-hybridized carbons (Fsp3) is 0.533. The van der Waals surface area contributed by atoms with Crippen molar-refractivity contribution >= 4 is 5.97 Å². The highest BCUT2D eigenvalue weighted by molar-refractivity contribution is 5.68. The molecule has 0 fully saturated rings. The first-order valence-electron chi connectivity index (χ1n) is 6.41. The molecule has 1 rings (SSSR count). The Labute approximate surface area is 109 Å². The van der Waals surface area contributed by atoms with E-state index >= 15 is 0 Å². The van der Waals surface area contributed by atoms with E-state index in [2.05, 4.69) is 23.8 Å². The summed E-state index contributed by atoms with van der Waals surface area (Å²) in [4.78, 5) is 10.9. The van der Waals surface area contributed by atoms with Crippen LogP contribution in [-0.2, 0) is 20.9 Å². The Kier molecular flexibility index (Phi) is 7.11. The van der Waals surface area contributed by atoms with E-state index in [-0.39, 0.29) is 5.97 Å².